The van der Waals surface area contributed by atoms with Crippen LogP contribution in [0.2, 0.25) is 0 Å². The molecular formula is C24H28F3N3O3S. The van der Waals surface area contributed by atoms with Crippen molar-refractivity contribution in [3.8, 4) is 0 Å². The number of anilines is 1. The number of fused-ring (bicyclic) bond motifs is 1. The van der Waals surface area contributed by atoms with Gasteiger partial charge in [-0.1, -0.05) is 25.3 Å². The number of nitrogens with one attached hydrogen (secondary N) is 1. The summed E-state index contributed by atoms with van der Waals surface area (Å²) in [6, 6.07) is 6.66. The maximum Gasteiger partial charge on any atom is 0.433 e. The standard InChI is InChI=1S/C23H24F3N3O2S.CH4O/c1-22(2,31)14-11-17-18(32-21(29-17)13-7-4-3-5-8-13)12-16(14)28-20(30)15-9-6-10-19(27-15)23(24,25)26;1-2/h6,9-13,31H,3-5,7-8H2,1-2H3,(H,28,30);2H,1H3. The number of aliphatic hydroxyl groups excluding tert-OH is 1. The van der Waals surface area contributed by atoms with Gasteiger partial charge in [0.15, 0.2) is 0 Å². The summed E-state index contributed by atoms with van der Waals surface area (Å²) in [5.41, 5.74) is -1.29. The molecule has 2 aromatic heterocycles. The highest BCUT2D eigenvalue weighted by atomic mass is 32.1. The molecule has 6 nitrogen and oxygen atoms in total. The molecule has 1 aromatic carbocycles. The molecule has 0 spiro atoms. The predicted octanol–water partition coefficient (Wildman–Crippen LogP) is 5.85. The number of hydrogen-bond donors (Lipinski definition) is 3. The van der Waals surface area contributed by atoms with Crippen molar-refractivity contribution in [1.29, 1.82) is 0 Å². The fraction of sp³-hybridized carbons (Fsp3) is 0.458. The van der Waals surface area contributed by atoms with Crippen LogP contribution in [-0.4, -0.2) is 33.2 Å². The molecule has 0 aliphatic heterocycles. The highest BCUT2D eigenvalue weighted by molar-refractivity contribution is 7.18. The Hall–Kier alpha value is -2.56. The van der Waals surface area contributed by atoms with Gasteiger partial charge in [0, 0.05) is 24.3 Å². The summed E-state index contributed by atoms with van der Waals surface area (Å²) in [4.78, 5) is 21.0. The molecular weight excluding hydrogens is 467 g/mol. The van der Waals surface area contributed by atoms with Gasteiger partial charge >= 0.3 is 6.18 Å². The predicted molar refractivity (Wildman–Crippen MR) is 126 cm³/mol. The Bertz CT molecular complexity index is 1150. The van der Waals surface area contributed by atoms with E-state index in [1.165, 1.54) is 25.3 Å². The smallest absolute Gasteiger partial charge is 0.400 e. The zero-order valence-corrected chi connectivity index (χ0v) is 20.1. The first-order valence-corrected chi connectivity index (χ1v) is 11.8. The summed E-state index contributed by atoms with van der Waals surface area (Å²) in [6.45, 7) is 3.17. The largest absolute Gasteiger partial charge is 0.433 e. The van der Waals surface area contributed by atoms with Crippen molar-refractivity contribution in [3.63, 3.8) is 0 Å². The summed E-state index contributed by atoms with van der Waals surface area (Å²) in [6.07, 6.45) is 1.16. The number of thiazole rings is 1. The van der Waals surface area contributed by atoms with E-state index in [0.29, 0.717) is 17.2 Å². The third-order valence-corrected chi connectivity index (χ3v) is 6.86. The molecule has 184 valence electrons. The molecule has 4 rings (SSSR count). The number of carbonyl (C=O) groups is 1. The van der Waals surface area contributed by atoms with Crippen molar-refractivity contribution < 1.29 is 28.2 Å². The average molecular weight is 496 g/mol. The van der Waals surface area contributed by atoms with Crippen LogP contribution in [0.3, 0.4) is 0 Å². The number of carbonyl (C=O) groups excluding carboxylic acids is 1. The highest BCUT2D eigenvalue weighted by Crippen LogP contribution is 2.40. The van der Waals surface area contributed by atoms with Gasteiger partial charge in [0.2, 0.25) is 0 Å². The van der Waals surface area contributed by atoms with E-state index in [1.807, 2.05) is 0 Å². The molecule has 1 amide bonds. The molecule has 2 heterocycles. The summed E-state index contributed by atoms with van der Waals surface area (Å²) in [7, 11) is 1.00. The van der Waals surface area contributed by atoms with E-state index < -0.39 is 23.4 Å². The zero-order valence-electron chi connectivity index (χ0n) is 19.2. The van der Waals surface area contributed by atoms with Crippen LogP contribution < -0.4 is 5.32 Å². The first-order valence-electron chi connectivity index (χ1n) is 11.0. The van der Waals surface area contributed by atoms with Crippen molar-refractivity contribution in [2.75, 3.05) is 12.4 Å². The minimum Gasteiger partial charge on any atom is -0.400 e. The Labute approximate surface area is 199 Å². The molecule has 3 N–H and O–H groups in total. The molecule has 1 aliphatic rings. The first kappa shape index (κ1) is 26.1. The Morgan fingerprint density at radius 3 is 2.38 bits per heavy atom. The normalized spacial score (nSPS) is 15.1. The lowest BCUT2D eigenvalue weighted by molar-refractivity contribution is -0.141. The van der Waals surface area contributed by atoms with Crippen LogP contribution in [0.1, 0.15) is 78.6 Å². The maximum absolute atomic E-state index is 13.0. The van der Waals surface area contributed by atoms with Gasteiger partial charge < -0.3 is 15.5 Å². The number of rotatable bonds is 4. The van der Waals surface area contributed by atoms with Crippen LogP contribution in [0.25, 0.3) is 10.2 Å². The van der Waals surface area contributed by atoms with E-state index in [9.17, 15) is 23.1 Å². The molecule has 34 heavy (non-hydrogen) atoms. The zero-order chi connectivity index (χ0) is 25.1. The summed E-state index contributed by atoms with van der Waals surface area (Å²) in [5.74, 6) is -0.364. The van der Waals surface area contributed by atoms with Crippen molar-refractivity contribution in [2.24, 2.45) is 0 Å². The number of alkyl halides is 3. The topological polar surface area (TPSA) is 95.3 Å². The number of hydrogen-bond acceptors (Lipinski definition) is 6. The van der Waals surface area contributed by atoms with E-state index in [2.05, 4.69) is 10.3 Å². The Balaban J connectivity index is 0.00000158. The van der Waals surface area contributed by atoms with Crippen LogP contribution in [0.15, 0.2) is 30.3 Å². The van der Waals surface area contributed by atoms with Crippen molar-refractivity contribution >= 4 is 33.1 Å². The third-order valence-electron chi connectivity index (χ3n) is 5.68. The fourth-order valence-electron chi connectivity index (χ4n) is 4.03. The van der Waals surface area contributed by atoms with Crippen molar-refractivity contribution in [3.05, 3.63) is 52.3 Å². The lowest BCUT2D eigenvalue weighted by Gasteiger charge is -2.22. The number of halogens is 3. The van der Waals surface area contributed by atoms with E-state index >= 15 is 0 Å². The number of amides is 1. The van der Waals surface area contributed by atoms with E-state index in [4.69, 9.17) is 10.1 Å². The minimum atomic E-state index is -4.65. The number of pyridine rings is 1. The van der Waals surface area contributed by atoms with Gasteiger partial charge in [-0.25, -0.2) is 9.97 Å². The van der Waals surface area contributed by atoms with Crippen LogP contribution in [0.5, 0.6) is 0 Å². The lowest BCUT2D eigenvalue weighted by Crippen LogP contribution is -2.22. The number of benzene rings is 1. The molecule has 1 fully saturated rings. The van der Waals surface area contributed by atoms with Gasteiger partial charge in [0.25, 0.3) is 5.91 Å². The monoisotopic (exact) mass is 495 g/mol. The third kappa shape index (κ3) is 5.92. The Kier molecular flexibility index (Phi) is 7.95. The summed E-state index contributed by atoms with van der Waals surface area (Å²) in [5, 5.41) is 21.4. The van der Waals surface area contributed by atoms with Crippen LogP contribution >= 0.6 is 11.3 Å². The molecule has 3 aromatic rings. The SMILES string of the molecule is CC(C)(O)c1cc2nc(C3CCCCC3)sc2cc1NC(=O)c1cccc(C(F)(F)F)n1.CO. The Morgan fingerprint density at radius 1 is 1.09 bits per heavy atom. The molecule has 1 aliphatic carbocycles. The van der Waals surface area contributed by atoms with Gasteiger partial charge in [-0.15, -0.1) is 11.3 Å². The highest BCUT2D eigenvalue weighted by Gasteiger charge is 2.33. The molecule has 10 heteroatoms. The molecule has 0 saturated heterocycles. The molecule has 0 radical (unpaired) electrons. The second kappa shape index (κ2) is 10.4. The number of nitrogens with zero attached hydrogens (tertiary/aromatic N) is 2. The van der Waals surface area contributed by atoms with Gasteiger partial charge in [0.05, 0.1) is 20.8 Å². The van der Waals surface area contributed by atoms with E-state index in [1.54, 1.807) is 37.3 Å². The van der Waals surface area contributed by atoms with Gasteiger partial charge in [-0.2, -0.15) is 13.2 Å². The summed E-state index contributed by atoms with van der Waals surface area (Å²) >= 11 is 1.56. The molecule has 1 saturated carbocycles. The lowest BCUT2D eigenvalue weighted by atomic mass is 9.90. The molecule has 0 atom stereocenters. The van der Waals surface area contributed by atoms with E-state index in [-0.39, 0.29) is 5.69 Å². The van der Waals surface area contributed by atoms with Crippen LogP contribution in [0.4, 0.5) is 18.9 Å². The minimum absolute atomic E-state index is 0.327. The van der Waals surface area contributed by atoms with Gasteiger partial charge in [-0.05, 0) is 51.0 Å². The van der Waals surface area contributed by atoms with Gasteiger partial charge in [0.1, 0.15) is 11.4 Å². The molecule has 0 bridgehead atoms. The summed E-state index contributed by atoms with van der Waals surface area (Å²) < 4.78 is 39.8. The van der Waals surface area contributed by atoms with Crippen molar-refractivity contribution in [2.45, 2.75) is 63.6 Å². The fourth-order valence-corrected chi connectivity index (χ4v) is 5.19. The number of aliphatic hydroxyl groups is 2. The van der Waals surface area contributed by atoms with Gasteiger partial charge in [-0.3, -0.25) is 4.79 Å². The Morgan fingerprint density at radius 2 is 1.76 bits per heavy atom. The number of aromatic nitrogens is 2. The molecule has 0 unspecified atom stereocenters. The quantitative estimate of drug-likeness (QED) is 0.422. The van der Waals surface area contributed by atoms with Crippen LogP contribution in [-0.2, 0) is 11.8 Å². The first-order chi connectivity index (χ1) is 16.0. The second-order valence-electron chi connectivity index (χ2n) is 8.67. The van der Waals surface area contributed by atoms with E-state index in [0.717, 1.165) is 47.3 Å². The second-order valence-corrected chi connectivity index (χ2v) is 9.73. The van der Waals surface area contributed by atoms with Crippen molar-refractivity contribution in [1.82, 2.24) is 9.97 Å². The van der Waals surface area contributed by atoms with Crippen LogP contribution in [0, 0.1) is 0 Å². The maximum atomic E-state index is 13.0. The average Bonchev–Trinajstić information content (AvgIpc) is 3.22.